The number of carbonyl (C=O) groups is 1. The van der Waals surface area contributed by atoms with Gasteiger partial charge in [-0.1, -0.05) is 19.1 Å². The highest BCUT2D eigenvalue weighted by molar-refractivity contribution is 5.82. The Balaban J connectivity index is 2.28. The summed E-state index contributed by atoms with van der Waals surface area (Å²) in [6.45, 7) is 1.92. The summed E-state index contributed by atoms with van der Waals surface area (Å²) in [6.07, 6.45) is 7.44. The zero-order chi connectivity index (χ0) is 8.55. The SMILES string of the molecule is C[C@H]1C=CC2=C(CCC2)NC1=O. The summed E-state index contributed by atoms with van der Waals surface area (Å²) < 4.78 is 0. The van der Waals surface area contributed by atoms with E-state index < -0.39 is 0 Å². The van der Waals surface area contributed by atoms with Crippen molar-refractivity contribution in [2.45, 2.75) is 26.2 Å². The molecular weight excluding hydrogens is 150 g/mol. The summed E-state index contributed by atoms with van der Waals surface area (Å²) in [6, 6.07) is 0. The Kier molecular flexibility index (Phi) is 1.75. The van der Waals surface area contributed by atoms with Gasteiger partial charge in [-0.15, -0.1) is 0 Å². The van der Waals surface area contributed by atoms with Gasteiger partial charge in [0.1, 0.15) is 0 Å². The third-order valence-electron chi connectivity index (χ3n) is 2.53. The number of amides is 1. The summed E-state index contributed by atoms with van der Waals surface area (Å²) in [7, 11) is 0. The summed E-state index contributed by atoms with van der Waals surface area (Å²) in [4.78, 5) is 11.4. The van der Waals surface area contributed by atoms with Crippen LogP contribution in [0.5, 0.6) is 0 Å². The predicted octanol–water partition coefficient (Wildman–Crippen LogP) is 1.75. The molecule has 0 aromatic heterocycles. The first-order valence-electron chi connectivity index (χ1n) is 4.48. The second-order valence-corrected chi connectivity index (χ2v) is 3.49. The molecule has 1 atom stereocenters. The number of nitrogens with one attached hydrogen (secondary N) is 1. The number of carbonyl (C=O) groups excluding carboxylic acids is 1. The Labute approximate surface area is 72.3 Å². The molecule has 0 bridgehead atoms. The van der Waals surface area contributed by atoms with Crippen molar-refractivity contribution in [3.05, 3.63) is 23.4 Å². The summed E-state index contributed by atoms with van der Waals surface area (Å²) in [5.74, 6) is 0.161. The van der Waals surface area contributed by atoms with Crippen LogP contribution in [0.1, 0.15) is 26.2 Å². The lowest BCUT2D eigenvalue weighted by atomic mass is 10.1. The maximum atomic E-state index is 11.4. The Hall–Kier alpha value is -1.05. The third-order valence-corrected chi connectivity index (χ3v) is 2.53. The van der Waals surface area contributed by atoms with Crippen molar-refractivity contribution in [2.24, 2.45) is 5.92 Å². The lowest BCUT2D eigenvalue weighted by molar-refractivity contribution is -0.122. The van der Waals surface area contributed by atoms with Gasteiger partial charge < -0.3 is 5.32 Å². The third kappa shape index (κ3) is 1.17. The molecule has 1 heterocycles. The fraction of sp³-hybridized carbons (Fsp3) is 0.500. The van der Waals surface area contributed by atoms with Crippen molar-refractivity contribution in [3.8, 4) is 0 Å². The number of allylic oxidation sites excluding steroid dienone is 3. The largest absolute Gasteiger partial charge is 0.329 e. The number of hydrogen-bond donors (Lipinski definition) is 1. The molecule has 2 rings (SSSR count). The molecule has 0 aromatic rings. The molecule has 12 heavy (non-hydrogen) atoms. The van der Waals surface area contributed by atoms with E-state index in [-0.39, 0.29) is 11.8 Å². The predicted molar refractivity (Wildman–Crippen MR) is 47.3 cm³/mol. The molecule has 2 nitrogen and oxygen atoms in total. The molecule has 0 spiro atoms. The fourth-order valence-electron chi connectivity index (χ4n) is 1.70. The Morgan fingerprint density at radius 2 is 2.33 bits per heavy atom. The lowest BCUT2D eigenvalue weighted by Crippen LogP contribution is -2.26. The molecule has 0 saturated heterocycles. The van der Waals surface area contributed by atoms with Crippen LogP contribution in [-0.2, 0) is 4.79 Å². The molecule has 1 N–H and O–H groups in total. The van der Waals surface area contributed by atoms with Crippen molar-refractivity contribution in [2.75, 3.05) is 0 Å². The average molecular weight is 163 g/mol. The minimum Gasteiger partial charge on any atom is -0.329 e. The lowest BCUT2D eigenvalue weighted by Gasteiger charge is -2.06. The van der Waals surface area contributed by atoms with E-state index in [0.717, 1.165) is 18.5 Å². The number of hydrogen-bond acceptors (Lipinski definition) is 1. The first-order valence-corrected chi connectivity index (χ1v) is 4.48. The molecule has 1 aliphatic heterocycles. The first kappa shape index (κ1) is 7.59. The summed E-state index contributed by atoms with van der Waals surface area (Å²) in [5, 5.41) is 2.97. The first-order chi connectivity index (χ1) is 5.77. The molecule has 0 unspecified atom stereocenters. The van der Waals surface area contributed by atoms with E-state index in [1.807, 2.05) is 13.0 Å². The van der Waals surface area contributed by atoms with E-state index >= 15 is 0 Å². The minimum absolute atomic E-state index is 0.0237. The van der Waals surface area contributed by atoms with Crippen LogP contribution in [0.4, 0.5) is 0 Å². The Morgan fingerprint density at radius 3 is 3.17 bits per heavy atom. The van der Waals surface area contributed by atoms with Gasteiger partial charge in [0.05, 0.1) is 5.92 Å². The van der Waals surface area contributed by atoms with E-state index in [1.165, 1.54) is 12.0 Å². The van der Waals surface area contributed by atoms with Gasteiger partial charge in [-0.3, -0.25) is 4.79 Å². The maximum absolute atomic E-state index is 11.4. The second kappa shape index (κ2) is 2.77. The van der Waals surface area contributed by atoms with Crippen LogP contribution in [0, 0.1) is 5.92 Å². The molecule has 0 fully saturated rings. The van der Waals surface area contributed by atoms with Gasteiger partial charge >= 0.3 is 0 Å². The van der Waals surface area contributed by atoms with Crippen LogP contribution in [0.3, 0.4) is 0 Å². The van der Waals surface area contributed by atoms with Crippen molar-refractivity contribution in [3.63, 3.8) is 0 Å². The molecule has 64 valence electrons. The van der Waals surface area contributed by atoms with E-state index in [2.05, 4.69) is 11.4 Å². The summed E-state index contributed by atoms with van der Waals surface area (Å²) >= 11 is 0. The molecular formula is C10H13NO. The van der Waals surface area contributed by atoms with Crippen LogP contribution in [0.25, 0.3) is 0 Å². The standard InChI is InChI=1S/C10H13NO/c1-7-5-6-8-3-2-4-9(8)11-10(7)12/h5-7H,2-4H2,1H3,(H,11,12)/t7-/m0/s1. The van der Waals surface area contributed by atoms with Gasteiger partial charge in [0.25, 0.3) is 0 Å². The van der Waals surface area contributed by atoms with Gasteiger partial charge in [-0.05, 0) is 24.8 Å². The quantitative estimate of drug-likeness (QED) is 0.579. The van der Waals surface area contributed by atoms with Crippen molar-refractivity contribution in [1.82, 2.24) is 5.32 Å². The van der Waals surface area contributed by atoms with E-state index in [9.17, 15) is 4.79 Å². The molecule has 2 aliphatic rings. The van der Waals surface area contributed by atoms with Gasteiger partial charge in [-0.2, -0.15) is 0 Å². The van der Waals surface area contributed by atoms with Crippen LogP contribution in [-0.4, -0.2) is 5.91 Å². The molecule has 0 saturated carbocycles. The van der Waals surface area contributed by atoms with Gasteiger partial charge in [-0.25, -0.2) is 0 Å². The van der Waals surface area contributed by atoms with Crippen LogP contribution >= 0.6 is 0 Å². The van der Waals surface area contributed by atoms with E-state index in [0.29, 0.717) is 0 Å². The summed E-state index contributed by atoms with van der Waals surface area (Å²) in [5.41, 5.74) is 2.48. The number of rotatable bonds is 0. The van der Waals surface area contributed by atoms with Crippen molar-refractivity contribution in [1.29, 1.82) is 0 Å². The smallest absolute Gasteiger partial charge is 0.230 e. The Morgan fingerprint density at radius 1 is 1.50 bits per heavy atom. The molecule has 1 amide bonds. The zero-order valence-electron chi connectivity index (χ0n) is 7.26. The van der Waals surface area contributed by atoms with Crippen molar-refractivity contribution < 1.29 is 4.79 Å². The normalized spacial score (nSPS) is 28.4. The molecule has 0 radical (unpaired) electrons. The highest BCUT2D eigenvalue weighted by atomic mass is 16.1. The van der Waals surface area contributed by atoms with Gasteiger partial charge in [0.2, 0.25) is 5.91 Å². The van der Waals surface area contributed by atoms with E-state index in [4.69, 9.17) is 0 Å². The maximum Gasteiger partial charge on any atom is 0.230 e. The fourth-order valence-corrected chi connectivity index (χ4v) is 1.70. The second-order valence-electron chi connectivity index (χ2n) is 3.49. The van der Waals surface area contributed by atoms with E-state index in [1.54, 1.807) is 0 Å². The van der Waals surface area contributed by atoms with Crippen molar-refractivity contribution >= 4 is 5.91 Å². The average Bonchev–Trinajstić information content (AvgIpc) is 2.43. The highest BCUT2D eigenvalue weighted by Crippen LogP contribution is 2.27. The van der Waals surface area contributed by atoms with Crippen LogP contribution < -0.4 is 5.32 Å². The molecule has 0 aromatic carbocycles. The minimum atomic E-state index is 0.0237. The van der Waals surface area contributed by atoms with Crippen LogP contribution in [0.15, 0.2) is 23.4 Å². The molecule has 1 aliphatic carbocycles. The highest BCUT2D eigenvalue weighted by Gasteiger charge is 2.20. The zero-order valence-corrected chi connectivity index (χ0v) is 7.26. The van der Waals surface area contributed by atoms with Crippen LogP contribution in [0.2, 0.25) is 0 Å². The Bertz CT molecular complexity index is 276. The monoisotopic (exact) mass is 163 g/mol. The van der Waals surface area contributed by atoms with Gasteiger partial charge in [0.15, 0.2) is 0 Å². The van der Waals surface area contributed by atoms with Gasteiger partial charge in [0, 0.05) is 5.70 Å². The molecule has 2 heteroatoms. The topological polar surface area (TPSA) is 29.1 Å².